The molecule has 0 saturated carbocycles. The van der Waals surface area contributed by atoms with E-state index in [1.165, 1.54) is 30.1 Å². The summed E-state index contributed by atoms with van der Waals surface area (Å²) < 4.78 is 45.4. The first-order chi connectivity index (χ1) is 13.1. The van der Waals surface area contributed by atoms with Gasteiger partial charge >= 0.3 is 6.18 Å². The first kappa shape index (κ1) is 21.3. The second kappa shape index (κ2) is 8.79. The lowest BCUT2D eigenvalue weighted by molar-refractivity contribution is -0.142. The zero-order chi connectivity index (χ0) is 20.9. The number of likely N-dealkylation sites (N-methyl/N-ethyl adjacent to an activating group) is 1. The Hall–Kier alpha value is -3.01. The van der Waals surface area contributed by atoms with Gasteiger partial charge in [0.25, 0.3) is 5.91 Å². The second-order valence-corrected chi connectivity index (χ2v) is 6.74. The molecule has 0 radical (unpaired) electrons. The van der Waals surface area contributed by atoms with Gasteiger partial charge in [-0.2, -0.15) is 18.4 Å². The quantitative estimate of drug-likeness (QED) is 0.722. The van der Waals surface area contributed by atoms with Crippen molar-refractivity contribution in [1.29, 1.82) is 5.26 Å². The molecule has 0 aliphatic heterocycles. The van der Waals surface area contributed by atoms with Crippen molar-refractivity contribution in [2.24, 2.45) is 5.92 Å². The topological polar surface area (TPSA) is 53.3 Å². The van der Waals surface area contributed by atoms with E-state index in [2.05, 4.69) is 0 Å². The van der Waals surface area contributed by atoms with Gasteiger partial charge in [-0.1, -0.05) is 44.2 Å². The monoisotopic (exact) mass is 390 g/mol. The molecule has 1 unspecified atom stereocenters. The molecule has 1 atom stereocenters. The molecule has 7 heteroatoms. The molecule has 1 amide bonds. The van der Waals surface area contributed by atoms with Crippen molar-refractivity contribution in [2.75, 3.05) is 7.05 Å². The van der Waals surface area contributed by atoms with E-state index in [0.717, 1.165) is 6.07 Å². The molecule has 0 aromatic heterocycles. The van der Waals surface area contributed by atoms with E-state index in [1.807, 2.05) is 6.07 Å². The van der Waals surface area contributed by atoms with Crippen molar-refractivity contribution in [3.8, 4) is 11.8 Å². The predicted molar refractivity (Wildman–Crippen MR) is 98.3 cm³/mol. The third kappa shape index (κ3) is 5.03. The lowest BCUT2D eigenvalue weighted by atomic mass is 10.0. The highest BCUT2D eigenvalue weighted by Crippen LogP contribution is 2.32. The number of carbonyl (C=O) groups is 1. The molecule has 0 N–H and O–H groups in total. The van der Waals surface area contributed by atoms with Gasteiger partial charge in [-0.3, -0.25) is 4.79 Å². The van der Waals surface area contributed by atoms with Gasteiger partial charge in [-0.25, -0.2) is 0 Å². The third-order valence-corrected chi connectivity index (χ3v) is 4.22. The maximum atomic E-state index is 13.2. The maximum absolute atomic E-state index is 13.2. The lowest BCUT2D eigenvalue weighted by Gasteiger charge is -2.28. The molecule has 4 nitrogen and oxygen atoms in total. The summed E-state index contributed by atoms with van der Waals surface area (Å²) in [4.78, 5) is 14.1. The summed E-state index contributed by atoms with van der Waals surface area (Å²) in [6.07, 6.45) is -5.43. The summed E-state index contributed by atoms with van der Waals surface area (Å²) in [6, 6.07) is 13.7. The van der Waals surface area contributed by atoms with E-state index in [1.54, 1.807) is 38.1 Å². The number of benzene rings is 2. The predicted octanol–water partition coefficient (Wildman–Crippen LogP) is 4.64. The molecule has 0 aliphatic carbocycles. The normalized spacial score (nSPS) is 12.4. The van der Waals surface area contributed by atoms with Crippen LogP contribution in [0.2, 0.25) is 0 Å². The Bertz CT molecular complexity index is 872. The number of rotatable bonds is 6. The van der Waals surface area contributed by atoms with E-state index in [9.17, 15) is 23.2 Å². The molecule has 0 fully saturated rings. The number of hydrogen-bond acceptors (Lipinski definition) is 3. The van der Waals surface area contributed by atoms with Crippen molar-refractivity contribution in [1.82, 2.24) is 4.90 Å². The number of carbonyl (C=O) groups excluding carboxylic acids is 1. The van der Waals surface area contributed by atoms with Gasteiger partial charge in [0.15, 0.2) is 6.10 Å². The zero-order valence-electron chi connectivity index (χ0n) is 15.8. The molecule has 2 aromatic carbocycles. The largest absolute Gasteiger partial charge is 0.479 e. The average molecular weight is 390 g/mol. The number of hydrogen-bond donors (Lipinski definition) is 0. The molecule has 2 aromatic rings. The fraction of sp³-hybridized carbons (Fsp3) is 0.333. The van der Waals surface area contributed by atoms with Crippen molar-refractivity contribution in [2.45, 2.75) is 32.7 Å². The van der Waals surface area contributed by atoms with Gasteiger partial charge in [-0.15, -0.1) is 0 Å². The Labute approximate surface area is 162 Å². The fourth-order valence-corrected chi connectivity index (χ4v) is 2.76. The van der Waals surface area contributed by atoms with Crippen LogP contribution in [0.4, 0.5) is 13.2 Å². The summed E-state index contributed by atoms with van der Waals surface area (Å²) in [5.41, 5.74) is -0.483. The molecule has 0 heterocycles. The molecular formula is C21H21F3N2O2. The summed E-state index contributed by atoms with van der Waals surface area (Å²) in [5, 5.41) is 9.19. The van der Waals surface area contributed by atoms with Gasteiger partial charge in [0.05, 0.1) is 11.1 Å². The van der Waals surface area contributed by atoms with Gasteiger partial charge in [0.1, 0.15) is 11.8 Å². The third-order valence-electron chi connectivity index (χ3n) is 4.22. The molecule has 2 rings (SSSR count). The molecule has 148 valence electrons. The van der Waals surface area contributed by atoms with E-state index in [-0.39, 0.29) is 29.3 Å². The SMILES string of the molecule is CC(C)C(Oc1ccccc1C#N)C(=O)N(C)Cc1ccccc1C(F)(F)F. The molecule has 28 heavy (non-hydrogen) atoms. The fourth-order valence-electron chi connectivity index (χ4n) is 2.76. The molecule has 0 saturated heterocycles. The maximum Gasteiger partial charge on any atom is 0.416 e. The highest BCUT2D eigenvalue weighted by Gasteiger charge is 2.34. The summed E-state index contributed by atoms with van der Waals surface area (Å²) in [5.74, 6) is -0.444. The Balaban J connectivity index is 2.23. The minimum Gasteiger partial charge on any atom is -0.479 e. The van der Waals surface area contributed by atoms with Crippen molar-refractivity contribution in [3.63, 3.8) is 0 Å². The van der Waals surface area contributed by atoms with Gasteiger partial charge in [0.2, 0.25) is 0 Å². The van der Waals surface area contributed by atoms with Crippen LogP contribution in [0.1, 0.15) is 30.5 Å². The van der Waals surface area contributed by atoms with Crippen LogP contribution in [0.25, 0.3) is 0 Å². The molecular weight excluding hydrogens is 369 g/mol. The van der Waals surface area contributed by atoms with Crippen LogP contribution in [0.15, 0.2) is 48.5 Å². The highest BCUT2D eigenvalue weighted by molar-refractivity contribution is 5.81. The first-order valence-corrected chi connectivity index (χ1v) is 8.71. The summed E-state index contributed by atoms with van der Waals surface area (Å²) >= 11 is 0. The summed E-state index contributed by atoms with van der Waals surface area (Å²) in [6.45, 7) is 3.34. The lowest BCUT2D eigenvalue weighted by Crippen LogP contribution is -2.42. The second-order valence-electron chi connectivity index (χ2n) is 6.74. The number of ether oxygens (including phenoxy) is 1. The number of para-hydroxylation sites is 1. The van der Waals surface area contributed by atoms with Crippen LogP contribution in [-0.2, 0) is 17.5 Å². The van der Waals surface area contributed by atoms with Crippen molar-refractivity contribution < 1.29 is 22.7 Å². The van der Waals surface area contributed by atoms with Crippen LogP contribution in [0, 0.1) is 17.2 Å². The first-order valence-electron chi connectivity index (χ1n) is 8.71. The molecule has 0 spiro atoms. The Morgan fingerprint density at radius 3 is 2.36 bits per heavy atom. The minimum atomic E-state index is -4.50. The van der Waals surface area contributed by atoms with Crippen LogP contribution < -0.4 is 4.74 Å². The molecule has 0 bridgehead atoms. The van der Waals surface area contributed by atoms with Gasteiger partial charge in [0, 0.05) is 13.6 Å². The number of alkyl halides is 3. The van der Waals surface area contributed by atoms with Crippen LogP contribution in [0.5, 0.6) is 5.75 Å². The smallest absolute Gasteiger partial charge is 0.416 e. The standard InChI is InChI=1S/C21H21F3N2O2/c1-14(2)19(28-18-11-7-5-8-15(18)12-25)20(27)26(3)13-16-9-4-6-10-17(16)21(22,23)24/h4-11,14,19H,13H2,1-3H3. The van der Waals surface area contributed by atoms with E-state index in [0.29, 0.717) is 0 Å². The van der Waals surface area contributed by atoms with Gasteiger partial charge in [-0.05, 0) is 29.7 Å². The highest BCUT2D eigenvalue weighted by atomic mass is 19.4. The summed E-state index contributed by atoms with van der Waals surface area (Å²) in [7, 11) is 1.43. The van der Waals surface area contributed by atoms with Gasteiger partial charge < -0.3 is 9.64 Å². The van der Waals surface area contributed by atoms with E-state index < -0.39 is 23.8 Å². The van der Waals surface area contributed by atoms with Crippen molar-refractivity contribution in [3.05, 3.63) is 65.2 Å². The number of nitrogens with zero attached hydrogens (tertiary/aromatic N) is 2. The number of amides is 1. The van der Waals surface area contributed by atoms with Crippen molar-refractivity contribution >= 4 is 5.91 Å². The average Bonchev–Trinajstić information content (AvgIpc) is 2.65. The minimum absolute atomic E-state index is 0.00535. The van der Waals surface area contributed by atoms with E-state index in [4.69, 9.17) is 4.74 Å². The van der Waals surface area contributed by atoms with Crippen LogP contribution in [0.3, 0.4) is 0 Å². The zero-order valence-corrected chi connectivity index (χ0v) is 15.8. The molecule has 0 aliphatic rings. The van der Waals surface area contributed by atoms with Crippen LogP contribution >= 0.6 is 0 Å². The Morgan fingerprint density at radius 1 is 1.14 bits per heavy atom. The Kier molecular flexibility index (Phi) is 6.68. The number of nitriles is 1. The Morgan fingerprint density at radius 2 is 1.75 bits per heavy atom. The van der Waals surface area contributed by atoms with E-state index >= 15 is 0 Å². The van der Waals surface area contributed by atoms with Crippen LogP contribution in [-0.4, -0.2) is 24.0 Å². The number of halogens is 3.